The molecule has 0 aliphatic carbocycles. The van der Waals surface area contributed by atoms with E-state index in [1.165, 1.54) is 16.3 Å². The van der Waals surface area contributed by atoms with Crippen molar-refractivity contribution in [1.29, 1.82) is 0 Å². The molecule has 2 heterocycles. The van der Waals surface area contributed by atoms with Crippen molar-refractivity contribution in [2.45, 2.75) is 19.0 Å². The molecular formula is C24H28FN3O. The molecular weight excluding hydrogens is 365 g/mol. The van der Waals surface area contributed by atoms with E-state index in [-0.39, 0.29) is 12.7 Å². The van der Waals surface area contributed by atoms with E-state index in [2.05, 4.69) is 70.5 Å². The summed E-state index contributed by atoms with van der Waals surface area (Å²) in [5.41, 5.74) is 1.32. The van der Waals surface area contributed by atoms with Crippen LogP contribution in [0.15, 0.2) is 66.9 Å². The fourth-order valence-electron chi connectivity index (χ4n) is 4.03. The molecule has 1 aliphatic rings. The summed E-state index contributed by atoms with van der Waals surface area (Å²) in [6, 6.07) is 21.2. The van der Waals surface area contributed by atoms with Crippen molar-refractivity contribution in [1.82, 2.24) is 9.88 Å². The quantitative estimate of drug-likeness (QED) is 0.534. The van der Waals surface area contributed by atoms with E-state index in [1.807, 2.05) is 6.20 Å². The third kappa shape index (κ3) is 4.92. The third-order valence-electron chi connectivity index (χ3n) is 5.47. The first kappa shape index (κ1) is 19.8. The second-order valence-electron chi connectivity index (χ2n) is 7.54. The van der Waals surface area contributed by atoms with Gasteiger partial charge in [-0.2, -0.15) is 0 Å². The lowest BCUT2D eigenvalue weighted by atomic mass is 10.1. The molecule has 1 fully saturated rings. The van der Waals surface area contributed by atoms with E-state index in [0.717, 1.165) is 32.0 Å². The van der Waals surface area contributed by atoms with Crippen LogP contribution in [0.5, 0.6) is 0 Å². The molecule has 0 spiro atoms. The van der Waals surface area contributed by atoms with Crippen LogP contribution >= 0.6 is 0 Å². The van der Waals surface area contributed by atoms with Gasteiger partial charge in [-0.15, -0.1) is 0 Å². The molecule has 152 valence electrons. The Balaban J connectivity index is 1.53. The maximum absolute atomic E-state index is 12.5. The molecule has 1 saturated heterocycles. The van der Waals surface area contributed by atoms with E-state index >= 15 is 0 Å². The number of hydrogen-bond acceptors (Lipinski definition) is 4. The Morgan fingerprint density at radius 3 is 2.69 bits per heavy atom. The number of rotatable bonds is 8. The van der Waals surface area contributed by atoms with Crippen molar-refractivity contribution >= 4 is 16.6 Å². The highest BCUT2D eigenvalue weighted by Gasteiger charge is 2.29. The van der Waals surface area contributed by atoms with Crippen molar-refractivity contribution in [2.24, 2.45) is 0 Å². The van der Waals surface area contributed by atoms with E-state index < -0.39 is 0 Å². The molecule has 29 heavy (non-hydrogen) atoms. The monoisotopic (exact) mass is 393 g/mol. The number of benzene rings is 2. The zero-order valence-corrected chi connectivity index (χ0v) is 16.7. The second-order valence-corrected chi connectivity index (χ2v) is 7.54. The number of hydrogen-bond donors (Lipinski definition) is 0. The standard InChI is InChI=1S/C24H28FN3O/c25-12-6-16-29-19-22-18-27(17-20-7-2-1-3-8-20)14-15-28(22)24-23-10-5-4-9-21(23)11-13-26-24/h1-5,7-11,13,22H,6,12,14-19H2/t22-/m0/s1. The number of nitrogens with zero attached hydrogens (tertiary/aromatic N) is 3. The Morgan fingerprint density at radius 2 is 1.83 bits per heavy atom. The lowest BCUT2D eigenvalue weighted by Crippen LogP contribution is -2.55. The van der Waals surface area contributed by atoms with Crippen molar-refractivity contribution in [2.75, 3.05) is 44.4 Å². The second kappa shape index (κ2) is 9.81. The van der Waals surface area contributed by atoms with Gasteiger partial charge in [-0.25, -0.2) is 4.98 Å². The smallest absolute Gasteiger partial charge is 0.136 e. The fourth-order valence-corrected chi connectivity index (χ4v) is 4.03. The Hall–Kier alpha value is -2.50. The topological polar surface area (TPSA) is 28.6 Å². The molecule has 2 aromatic carbocycles. The van der Waals surface area contributed by atoms with E-state index in [1.54, 1.807) is 0 Å². The summed E-state index contributed by atoms with van der Waals surface area (Å²) < 4.78 is 18.3. The van der Waals surface area contributed by atoms with Crippen LogP contribution in [-0.4, -0.2) is 55.4 Å². The van der Waals surface area contributed by atoms with Gasteiger partial charge in [0.25, 0.3) is 0 Å². The maximum atomic E-state index is 12.5. The largest absolute Gasteiger partial charge is 0.379 e. The van der Waals surface area contributed by atoms with Crippen LogP contribution in [-0.2, 0) is 11.3 Å². The van der Waals surface area contributed by atoms with Gasteiger partial charge in [-0.1, -0.05) is 54.6 Å². The van der Waals surface area contributed by atoms with E-state index in [9.17, 15) is 4.39 Å². The molecule has 0 amide bonds. The Bertz CT molecular complexity index is 900. The van der Waals surface area contributed by atoms with Gasteiger partial charge >= 0.3 is 0 Å². The Morgan fingerprint density at radius 1 is 1.00 bits per heavy atom. The lowest BCUT2D eigenvalue weighted by molar-refractivity contribution is 0.0872. The van der Waals surface area contributed by atoms with Gasteiger partial charge in [-0.3, -0.25) is 9.29 Å². The molecule has 5 heteroatoms. The summed E-state index contributed by atoms with van der Waals surface area (Å²) >= 11 is 0. The van der Waals surface area contributed by atoms with Gasteiger partial charge in [0.1, 0.15) is 5.82 Å². The molecule has 3 aromatic rings. The van der Waals surface area contributed by atoms with Crippen LogP contribution < -0.4 is 4.90 Å². The summed E-state index contributed by atoms with van der Waals surface area (Å²) in [5.74, 6) is 1.02. The highest BCUT2D eigenvalue weighted by molar-refractivity contribution is 5.92. The first-order valence-corrected chi connectivity index (χ1v) is 10.4. The predicted molar refractivity (Wildman–Crippen MR) is 116 cm³/mol. The molecule has 4 nitrogen and oxygen atoms in total. The average Bonchev–Trinajstić information content (AvgIpc) is 2.77. The fraction of sp³-hybridized carbons (Fsp3) is 0.375. The van der Waals surface area contributed by atoms with E-state index in [4.69, 9.17) is 9.72 Å². The third-order valence-corrected chi connectivity index (χ3v) is 5.47. The average molecular weight is 394 g/mol. The highest BCUT2D eigenvalue weighted by atomic mass is 19.1. The first-order valence-electron chi connectivity index (χ1n) is 10.4. The van der Waals surface area contributed by atoms with Crippen molar-refractivity contribution < 1.29 is 9.13 Å². The molecule has 0 saturated carbocycles. The normalized spacial score (nSPS) is 17.7. The summed E-state index contributed by atoms with van der Waals surface area (Å²) in [6.07, 6.45) is 2.34. The van der Waals surface area contributed by atoms with Gasteiger partial charge in [0.05, 0.1) is 19.3 Å². The molecule has 0 radical (unpaired) electrons. The molecule has 1 aliphatic heterocycles. The first-order chi connectivity index (χ1) is 14.3. The highest BCUT2D eigenvalue weighted by Crippen LogP contribution is 2.28. The van der Waals surface area contributed by atoms with Crippen LogP contribution in [0.1, 0.15) is 12.0 Å². The van der Waals surface area contributed by atoms with Crippen LogP contribution in [0, 0.1) is 0 Å². The zero-order chi connectivity index (χ0) is 19.9. The van der Waals surface area contributed by atoms with Crippen molar-refractivity contribution in [3.63, 3.8) is 0 Å². The summed E-state index contributed by atoms with van der Waals surface area (Å²) in [5, 5.41) is 2.36. The molecule has 4 rings (SSSR count). The lowest BCUT2D eigenvalue weighted by Gasteiger charge is -2.42. The molecule has 0 N–H and O–H groups in total. The Kier molecular flexibility index (Phi) is 6.70. The van der Waals surface area contributed by atoms with Gasteiger partial charge in [0.2, 0.25) is 0 Å². The van der Waals surface area contributed by atoms with E-state index in [0.29, 0.717) is 19.6 Å². The predicted octanol–water partition coefficient (Wildman–Crippen LogP) is 4.30. The molecule has 1 atom stereocenters. The zero-order valence-electron chi connectivity index (χ0n) is 16.7. The minimum atomic E-state index is -0.334. The number of piperazine rings is 1. The molecule has 0 unspecified atom stereocenters. The number of alkyl halides is 1. The summed E-state index contributed by atoms with van der Waals surface area (Å²) in [7, 11) is 0. The SMILES string of the molecule is FCCCOC[C@@H]1CN(Cc2ccccc2)CCN1c1nccc2ccccc12. The summed E-state index contributed by atoms with van der Waals surface area (Å²) in [6.45, 7) is 4.40. The number of halogens is 1. The number of fused-ring (bicyclic) bond motifs is 1. The number of pyridine rings is 1. The minimum Gasteiger partial charge on any atom is -0.379 e. The minimum absolute atomic E-state index is 0.186. The van der Waals surface area contributed by atoms with Gasteiger partial charge in [0, 0.05) is 44.4 Å². The van der Waals surface area contributed by atoms with Gasteiger partial charge < -0.3 is 9.64 Å². The number of ether oxygens (including phenoxy) is 1. The van der Waals surface area contributed by atoms with Crippen LogP contribution in [0.3, 0.4) is 0 Å². The van der Waals surface area contributed by atoms with Crippen LogP contribution in [0.4, 0.5) is 10.2 Å². The molecule has 0 bridgehead atoms. The van der Waals surface area contributed by atoms with Crippen molar-refractivity contribution in [3.8, 4) is 0 Å². The van der Waals surface area contributed by atoms with Crippen LogP contribution in [0.25, 0.3) is 10.8 Å². The van der Waals surface area contributed by atoms with Gasteiger partial charge in [0.15, 0.2) is 0 Å². The number of anilines is 1. The van der Waals surface area contributed by atoms with Gasteiger partial charge in [-0.05, 0) is 23.4 Å². The van der Waals surface area contributed by atoms with Crippen molar-refractivity contribution in [3.05, 3.63) is 72.4 Å². The van der Waals surface area contributed by atoms with Crippen LogP contribution in [0.2, 0.25) is 0 Å². The molecule has 1 aromatic heterocycles. The Labute approximate surface area is 171 Å². The summed E-state index contributed by atoms with van der Waals surface area (Å²) in [4.78, 5) is 9.57. The number of aromatic nitrogens is 1. The maximum Gasteiger partial charge on any atom is 0.136 e.